The van der Waals surface area contributed by atoms with Gasteiger partial charge in [-0.2, -0.15) is 5.10 Å². The monoisotopic (exact) mass is 367 g/mol. The van der Waals surface area contributed by atoms with Crippen LogP contribution in [0.25, 0.3) is 0 Å². The van der Waals surface area contributed by atoms with Crippen molar-refractivity contribution in [1.82, 2.24) is 24.6 Å². The van der Waals surface area contributed by atoms with Crippen LogP contribution in [0, 0.1) is 13.8 Å². The highest BCUT2D eigenvalue weighted by Crippen LogP contribution is 2.23. The molecule has 142 valence electrons. The number of amides is 1. The number of aromatic nitrogens is 4. The summed E-state index contributed by atoms with van der Waals surface area (Å²) < 4.78 is 8.95. The molecule has 27 heavy (non-hydrogen) atoms. The first-order chi connectivity index (χ1) is 12.9. The van der Waals surface area contributed by atoms with Gasteiger partial charge >= 0.3 is 0 Å². The summed E-state index contributed by atoms with van der Waals surface area (Å²) in [5, 5.41) is 7.52. The van der Waals surface area contributed by atoms with E-state index in [1.807, 2.05) is 63.0 Å². The van der Waals surface area contributed by atoms with Crippen molar-refractivity contribution in [3.8, 4) is 5.75 Å². The molecule has 2 aromatic heterocycles. The molecule has 0 aliphatic heterocycles. The Hall–Kier alpha value is -3.09. The zero-order valence-electron chi connectivity index (χ0n) is 16.4. The summed E-state index contributed by atoms with van der Waals surface area (Å²) in [5.74, 6) is 1.47. The molecule has 1 atom stereocenters. The number of carbonyl (C=O) groups is 1. The Kier molecular flexibility index (Phi) is 5.30. The molecule has 0 spiro atoms. The van der Waals surface area contributed by atoms with E-state index < -0.39 is 0 Å². The Bertz CT molecular complexity index is 940. The zero-order chi connectivity index (χ0) is 19.6. The number of aryl methyl sites for hydroxylation is 3. The van der Waals surface area contributed by atoms with Gasteiger partial charge in [-0.1, -0.05) is 12.1 Å². The largest absolute Gasteiger partial charge is 0.497 e. The van der Waals surface area contributed by atoms with Crippen LogP contribution in [0.15, 0.2) is 36.7 Å². The van der Waals surface area contributed by atoms with Crippen LogP contribution in [0.4, 0.5) is 0 Å². The number of benzene rings is 1. The molecule has 1 N–H and O–H groups in total. The molecule has 0 bridgehead atoms. The van der Waals surface area contributed by atoms with Gasteiger partial charge in [0, 0.05) is 37.7 Å². The summed E-state index contributed by atoms with van der Waals surface area (Å²) in [4.78, 5) is 17.3. The second-order valence-electron chi connectivity index (χ2n) is 6.62. The van der Waals surface area contributed by atoms with E-state index in [-0.39, 0.29) is 18.4 Å². The lowest BCUT2D eigenvalue weighted by Gasteiger charge is -2.19. The number of ether oxygens (including phenoxy) is 1. The molecular weight excluding hydrogens is 342 g/mol. The molecule has 7 nitrogen and oxygen atoms in total. The fourth-order valence-corrected chi connectivity index (χ4v) is 3.19. The third-order valence-corrected chi connectivity index (χ3v) is 4.87. The van der Waals surface area contributed by atoms with Crippen LogP contribution in [0.2, 0.25) is 0 Å². The Morgan fingerprint density at radius 3 is 2.44 bits per heavy atom. The standard InChI is InChI=1S/C20H25N5O2/c1-13-17(14(2)25(4)23-13)12-18(26)22-19(20-21-10-11-24(20)3)15-6-8-16(27-5)9-7-15/h6-11,19H,12H2,1-5H3,(H,22,26). The van der Waals surface area contributed by atoms with Gasteiger partial charge in [-0.15, -0.1) is 0 Å². The average Bonchev–Trinajstić information content (AvgIpc) is 3.18. The van der Waals surface area contributed by atoms with Crippen LogP contribution in [-0.4, -0.2) is 32.3 Å². The van der Waals surface area contributed by atoms with Gasteiger partial charge in [0.2, 0.25) is 5.91 Å². The lowest BCUT2D eigenvalue weighted by molar-refractivity contribution is -0.121. The molecule has 7 heteroatoms. The minimum atomic E-state index is -0.347. The van der Waals surface area contributed by atoms with Crippen molar-refractivity contribution in [2.24, 2.45) is 14.1 Å². The Balaban J connectivity index is 1.87. The van der Waals surface area contributed by atoms with E-state index in [1.54, 1.807) is 18.0 Å². The second-order valence-corrected chi connectivity index (χ2v) is 6.62. The quantitative estimate of drug-likeness (QED) is 0.725. The van der Waals surface area contributed by atoms with Crippen molar-refractivity contribution in [2.45, 2.75) is 26.3 Å². The molecule has 3 aromatic rings. The zero-order valence-corrected chi connectivity index (χ0v) is 16.4. The van der Waals surface area contributed by atoms with Gasteiger partial charge < -0.3 is 14.6 Å². The van der Waals surface area contributed by atoms with Crippen LogP contribution in [0.5, 0.6) is 5.75 Å². The average molecular weight is 367 g/mol. The maximum atomic E-state index is 12.8. The molecule has 1 aromatic carbocycles. The fourth-order valence-electron chi connectivity index (χ4n) is 3.19. The van der Waals surface area contributed by atoms with Crippen LogP contribution in [0.3, 0.4) is 0 Å². The van der Waals surface area contributed by atoms with Crippen LogP contribution in [0.1, 0.15) is 34.4 Å². The molecule has 1 amide bonds. The Labute approximate surface area is 159 Å². The highest BCUT2D eigenvalue weighted by molar-refractivity contribution is 5.80. The third-order valence-electron chi connectivity index (χ3n) is 4.87. The van der Waals surface area contributed by atoms with Crippen molar-refractivity contribution in [2.75, 3.05) is 7.11 Å². The highest BCUT2D eigenvalue weighted by Gasteiger charge is 2.22. The molecule has 0 saturated carbocycles. The first kappa shape index (κ1) is 18.7. The van der Waals surface area contributed by atoms with E-state index in [4.69, 9.17) is 4.74 Å². The first-order valence-electron chi connectivity index (χ1n) is 8.80. The number of carbonyl (C=O) groups excluding carboxylic acids is 1. The lowest BCUT2D eigenvalue weighted by atomic mass is 10.0. The smallest absolute Gasteiger partial charge is 0.225 e. The molecule has 0 radical (unpaired) electrons. The van der Waals surface area contributed by atoms with Gasteiger partial charge in [0.15, 0.2) is 0 Å². The molecule has 3 rings (SSSR count). The number of nitrogens with zero attached hydrogens (tertiary/aromatic N) is 4. The number of hydrogen-bond acceptors (Lipinski definition) is 4. The predicted octanol–water partition coefficient (Wildman–Crippen LogP) is 2.23. The highest BCUT2D eigenvalue weighted by atomic mass is 16.5. The number of hydrogen-bond donors (Lipinski definition) is 1. The summed E-state index contributed by atoms with van der Waals surface area (Å²) in [6.07, 6.45) is 3.88. The molecule has 0 saturated heterocycles. The van der Waals surface area contributed by atoms with E-state index in [1.165, 1.54) is 0 Å². The maximum absolute atomic E-state index is 12.8. The molecule has 0 aliphatic carbocycles. The van der Waals surface area contributed by atoms with Gasteiger partial charge in [0.1, 0.15) is 17.6 Å². The molecule has 1 unspecified atom stereocenters. The summed E-state index contributed by atoms with van der Waals surface area (Å²) in [7, 11) is 5.43. The summed E-state index contributed by atoms with van der Waals surface area (Å²) in [6.45, 7) is 3.90. The second kappa shape index (κ2) is 7.65. The molecule has 2 heterocycles. The fraction of sp³-hybridized carbons (Fsp3) is 0.350. The van der Waals surface area contributed by atoms with E-state index in [9.17, 15) is 4.79 Å². The molecule has 0 fully saturated rings. The van der Waals surface area contributed by atoms with Gasteiger partial charge in [-0.25, -0.2) is 4.98 Å². The maximum Gasteiger partial charge on any atom is 0.225 e. The number of imidazole rings is 1. The predicted molar refractivity (Wildman–Crippen MR) is 103 cm³/mol. The van der Waals surface area contributed by atoms with E-state index >= 15 is 0 Å². The van der Waals surface area contributed by atoms with E-state index in [0.29, 0.717) is 0 Å². The normalized spacial score (nSPS) is 12.0. The minimum Gasteiger partial charge on any atom is -0.497 e. The Morgan fingerprint density at radius 2 is 1.93 bits per heavy atom. The number of methoxy groups -OCH3 is 1. The van der Waals surface area contributed by atoms with E-state index in [0.717, 1.165) is 34.1 Å². The van der Waals surface area contributed by atoms with Crippen molar-refractivity contribution < 1.29 is 9.53 Å². The lowest BCUT2D eigenvalue weighted by Crippen LogP contribution is -2.32. The van der Waals surface area contributed by atoms with Crippen LogP contribution >= 0.6 is 0 Å². The summed E-state index contributed by atoms with van der Waals surface area (Å²) in [6, 6.07) is 7.30. The van der Waals surface area contributed by atoms with Crippen LogP contribution in [-0.2, 0) is 25.3 Å². The molecular formula is C20H25N5O2. The van der Waals surface area contributed by atoms with E-state index in [2.05, 4.69) is 15.4 Å². The van der Waals surface area contributed by atoms with Crippen molar-refractivity contribution >= 4 is 5.91 Å². The van der Waals surface area contributed by atoms with Crippen molar-refractivity contribution in [1.29, 1.82) is 0 Å². The third kappa shape index (κ3) is 3.86. The van der Waals surface area contributed by atoms with Gasteiger partial charge in [0.25, 0.3) is 0 Å². The van der Waals surface area contributed by atoms with Crippen molar-refractivity contribution in [3.63, 3.8) is 0 Å². The van der Waals surface area contributed by atoms with Gasteiger partial charge in [-0.3, -0.25) is 9.48 Å². The number of rotatable bonds is 6. The summed E-state index contributed by atoms with van der Waals surface area (Å²) in [5.41, 5.74) is 3.78. The minimum absolute atomic E-state index is 0.0713. The SMILES string of the molecule is COc1ccc(C(NC(=O)Cc2c(C)nn(C)c2C)c2nccn2C)cc1. The van der Waals surface area contributed by atoms with Crippen molar-refractivity contribution in [3.05, 3.63) is 65.0 Å². The number of nitrogens with one attached hydrogen (secondary N) is 1. The van der Waals surface area contributed by atoms with Gasteiger partial charge in [-0.05, 0) is 31.5 Å². The van der Waals surface area contributed by atoms with Gasteiger partial charge in [0.05, 0.1) is 19.2 Å². The first-order valence-corrected chi connectivity index (χ1v) is 8.80. The summed E-state index contributed by atoms with van der Waals surface area (Å²) >= 11 is 0. The topological polar surface area (TPSA) is 74.0 Å². The van der Waals surface area contributed by atoms with Crippen LogP contribution < -0.4 is 10.1 Å². The molecule has 0 aliphatic rings. The Morgan fingerprint density at radius 1 is 1.22 bits per heavy atom.